The molecule has 0 amide bonds. The van der Waals surface area contributed by atoms with Gasteiger partial charge in [0.2, 0.25) is 7.42 Å². The van der Waals surface area contributed by atoms with Crippen molar-refractivity contribution in [1.82, 2.24) is 0 Å². The summed E-state index contributed by atoms with van der Waals surface area (Å²) in [6, 6.07) is 1.10. The first-order chi connectivity index (χ1) is 19.3. The molecule has 0 radical (unpaired) electrons. The fraction of sp³-hybridized carbons (Fsp3) is 1.00. The minimum atomic E-state index is -1.34. The zero-order chi connectivity index (χ0) is 28.3. The highest BCUT2D eigenvalue weighted by atomic mass is 35.7. The molecule has 0 spiro atoms. The van der Waals surface area contributed by atoms with Crippen molar-refractivity contribution < 1.29 is 5.11 Å². The monoisotopic (exact) mass is 606 g/mol. The average Bonchev–Trinajstić information content (AvgIpc) is 2.93. The van der Waals surface area contributed by atoms with Crippen LogP contribution in [0.2, 0.25) is 6.04 Å². The van der Waals surface area contributed by atoms with Crippen LogP contribution in [0.4, 0.5) is 0 Å². The smallest absolute Gasteiger partial charge is 0.237 e. The Morgan fingerprint density at radius 1 is 0.256 bits per heavy atom. The number of unbranched alkanes of at least 4 members (excludes halogenated alkanes) is 32. The number of rotatable bonds is 35. The van der Waals surface area contributed by atoms with Crippen LogP contribution in [-0.2, 0) is 0 Å². The molecule has 0 aromatic rings. The number of aliphatic hydroxyl groups is 1. The molecule has 0 bridgehead atoms. The van der Waals surface area contributed by atoms with Gasteiger partial charge in [-0.1, -0.05) is 205 Å². The van der Waals surface area contributed by atoms with Crippen LogP contribution in [0.25, 0.3) is 0 Å². The van der Waals surface area contributed by atoms with Crippen molar-refractivity contribution in [2.24, 2.45) is 0 Å². The number of aliphatic hydroxyl groups excluding tert-OH is 1. The third-order valence-electron chi connectivity index (χ3n) is 8.58. The highest BCUT2D eigenvalue weighted by Gasteiger charge is 2.01. The van der Waals surface area contributed by atoms with Crippen molar-refractivity contribution in [3.8, 4) is 0 Å². The maximum atomic E-state index is 8.79. The van der Waals surface area contributed by atoms with Crippen LogP contribution in [0.1, 0.15) is 212 Å². The Labute approximate surface area is 258 Å². The molecule has 0 aliphatic heterocycles. The van der Waals surface area contributed by atoms with Gasteiger partial charge in [-0.15, -0.1) is 0 Å². The van der Waals surface area contributed by atoms with Gasteiger partial charge in [0.15, 0.2) is 0 Å². The van der Waals surface area contributed by atoms with Gasteiger partial charge in [-0.3, -0.25) is 0 Å². The van der Waals surface area contributed by atoms with Gasteiger partial charge >= 0.3 is 0 Å². The van der Waals surface area contributed by atoms with Gasteiger partial charge in [0.25, 0.3) is 0 Å². The van der Waals surface area contributed by atoms with Gasteiger partial charge < -0.3 is 5.11 Å². The molecule has 0 rings (SSSR count). The first-order valence-electron chi connectivity index (χ1n) is 18.2. The molecule has 0 aromatic carbocycles. The Hall–Kier alpha value is 0.757. The second-order valence-corrected chi connectivity index (χ2v) is 17.8. The zero-order valence-electron chi connectivity index (χ0n) is 26.5. The predicted octanol–water partition coefficient (Wildman–Crippen LogP) is 13.6. The molecule has 0 fully saturated rings. The summed E-state index contributed by atoms with van der Waals surface area (Å²) < 4.78 is 0. The maximum absolute atomic E-state index is 8.79. The van der Waals surface area contributed by atoms with E-state index in [-0.39, 0.29) is 0 Å². The van der Waals surface area contributed by atoms with Gasteiger partial charge in [0.05, 0.1) is 0 Å². The molecule has 1 nitrogen and oxygen atoms in total. The van der Waals surface area contributed by atoms with E-state index in [2.05, 4.69) is 0 Å². The first-order valence-corrected chi connectivity index (χ1v) is 22.5. The molecule has 4 heteroatoms. The summed E-state index contributed by atoms with van der Waals surface area (Å²) in [6.07, 6.45) is 46.8. The molecule has 0 aromatic heterocycles. The largest absolute Gasteiger partial charge is 0.396 e. The molecular weight excluding hydrogens is 535 g/mol. The van der Waals surface area contributed by atoms with Crippen LogP contribution in [0.15, 0.2) is 0 Å². The lowest BCUT2D eigenvalue weighted by molar-refractivity contribution is 0.282. The minimum Gasteiger partial charge on any atom is -0.396 e. The van der Waals surface area contributed by atoms with Gasteiger partial charge in [-0.2, -0.15) is 22.2 Å². The number of hydrogen-bond acceptors (Lipinski definition) is 1. The summed E-state index contributed by atoms with van der Waals surface area (Å²) in [7, 11) is -1.34. The summed E-state index contributed by atoms with van der Waals surface area (Å²) in [5, 5.41) is 8.79. The third kappa shape index (κ3) is 38.8. The van der Waals surface area contributed by atoms with Gasteiger partial charge in [-0.05, 0) is 12.5 Å². The Balaban J connectivity index is 3.02. The van der Waals surface area contributed by atoms with Crippen LogP contribution < -0.4 is 0 Å². The van der Waals surface area contributed by atoms with E-state index in [0.717, 1.165) is 12.5 Å². The van der Waals surface area contributed by atoms with E-state index in [1.165, 1.54) is 205 Å². The lowest BCUT2D eigenvalue weighted by Crippen LogP contribution is -1.91. The third-order valence-corrected chi connectivity index (χ3v) is 10.7. The van der Waals surface area contributed by atoms with Crippen molar-refractivity contribution in [2.75, 3.05) is 6.61 Å². The van der Waals surface area contributed by atoms with Gasteiger partial charge in [0, 0.05) is 6.61 Å². The zero-order valence-corrected chi connectivity index (χ0v) is 29.2. The highest BCUT2D eigenvalue weighted by Crippen LogP contribution is 2.17. The summed E-state index contributed by atoms with van der Waals surface area (Å²) >= 11 is 11.8. The normalized spacial score (nSPS) is 11.7. The second-order valence-electron chi connectivity index (χ2n) is 12.6. The first kappa shape index (κ1) is 39.8. The summed E-state index contributed by atoms with van der Waals surface area (Å²) in [4.78, 5) is 0. The van der Waals surface area contributed by atoms with Crippen molar-refractivity contribution >= 4 is 29.6 Å². The van der Waals surface area contributed by atoms with E-state index in [1.54, 1.807) is 0 Å². The molecular formula is C35H72Cl2OSi. The molecule has 0 saturated carbocycles. The van der Waals surface area contributed by atoms with Crippen molar-refractivity contribution in [3.05, 3.63) is 0 Å². The molecule has 0 saturated heterocycles. The molecule has 236 valence electrons. The quantitative estimate of drug-likeness (QED) is 0.0432. The molecule has 1 N–H and O–H groups in total. The molecule has 0 aliphatic carbocycles. The molecule has 0 heterocycles. The van der Waals surface area contributed by atoms with E-state index in [4.69, 9.17) is 27.3 Å². The minimum absolute atomic E-state index is 0.372. The van der Waals surface area contributed by atoms with E-state index in [0.29, 0.717) is 6.61 Å². The molecule has 0 aliphatic rings. The fourth-order valence-corrected chi connectivity index (χ4v) is 7.41. The summed E-state index contributed by atoms with van der Waals surface area (Å²) in [5.74, 6) is 0. The summed E-state index contributed by atoms with van der Waals surface area (Å²) in [5.41, 5.74) is 0. The lowest BCUT2D eigenvalue weighted by Gasteiger charge is -2.05. The van der Waals surface area contributed by atoms with Crippen molar-refractivity contribution in [2.45, 2.75) is 218 Å². The Kier molecular flexibility index (Phi) is 37.5. The van der Waals surface area contributed by atoms with Gasteiger partial charge in [-0.25, -0.2) is 0 Å². The fourth-order valence-electron chi connectivity index (χ4n) is 5.89. The second kappa shape index (κ2) is 36.8. The molecule has 39 heavy (non-hydrogen) atoms. The number of hydrogen-bond donors (Lipinski definition) is 1. The standard InChI is InChI=1S/C35H72Cl2OSi/c36-39(37)35-33-31-29-27-25-23-21-19-17-15-13-11-9-7-5-3-1-2-4-6-8-10-12-14-16-18-20-22-24-26-28-30-32-34-38/h38-39H,1-35H2. The van der Waals surface area contributed by atoms with Crippen LogP contribution >= 0.6 is 22.2 Å². The number of halogens is 2. The summed E-state index contributed by atoms with van der Waals surface area (Å²) in [6.45, 7) is 0.372. The van der Waals surface area contributed by atoms with E-state index in [9.17, 15) is 0 Å². The highest BCUT2D eigenvalue weighted by molar-refractivity contribution is 7.33. The Bertz CT molecular complexity index is 421. The topological polar surface area (TPSA) is 20.2 Å². The van der Waals surface area contributed by atoms with E-state index >= 15 is 0 Å². The Morgan fingerprint density at radius 2 is 0.410 bits per heavy atom. The van der Waals surface area contributed by atoms with E-state index < -0.39 is 7.42 Å². The predicted molar refractivity (Wildman–Crippen MR) is 183 cm³/mol. The van der Waals surface area contributed by atoms with Crippen LogP contribution in [0.5, 0.6) is 0 Å². The maximum Gasteiger partial charge on any atom is 0.237 e. The van der Waals surface area contributed by atoms with E-state index in [1.807, 2.05) is 0 Å². The van der Waals surface area contributed by atoms with Crippen molar-refractivity contribution in [3.63, 3.8) is 0 Å². The van der Waals surface area contributed by atoms with Crippen LogP contribution in [-0.4, -0.2) is 19.1 Å². The lowest BCUT2D eigenvalue weighted by atomic mass is 10.0. The average molecular weight is 608 g/mol. The van der Waals surface area contributed by atoms with Crippen LogP contribution in [0.3, 0.4) is 0 Å². The van der Waals surface area contributed by atoms with Gasteiger partial charge in [0.1, 0.15) is 0 Å². The SMILES string of the molecule is OCCCCCCCCCCCCCCCCCCCCCCCCCCCCCCCCCCC[SiH](Cl)Cl. The molecule has 0 unspecified atom stereocenters. The Morgan fingerprint density at radius 3 is 0.564 bits per heavy atom. The van der Waals surface area contributed by atoms with Crippen molar-refractivity contribution in [1.29, 1.82) is 0 Å². The molecule has 0 atom stereocenters. The van der Waals surface area contributed by atoms with Crippen LogP contribution in [0, 0.1) is 0 Å².